The molecule has 0 atom stereocenters. The van der Waals surface area contributed by atoms with Crippen LogP contribution >= 0.6 is 0 Å². The van der Waals surface area contributed by atoms with Crippen molar-refractivity contribution < 1.29 is 0 Å². The van der Waals surface area contributed by atoms with E-state index < -0.39 is 0 Å². The van der Waals surface area contributed by atoms with E-state index in [1.165, 1.54) is 6.33 Å². The highest BCUT2D eigenvalue weighted by Crippen LogP contribution is 2.22. The number of hydrogen-bond donors (Lipinski definition) is 1. The van der Waals surface area contributed by atoms with Gasteiger partial charge in [0.1, 0.15) is 12.1 Å². The van der Waals surface area contributed by atoms with E-state index in [-0.39, 0.29) is 0 Å². The lowest BCUT2D eigenvalue weighted by Gasteiger charge is -2.07. The quantitative estimate of drug-likeness (QED) is 0.754. The van der Waals surface area contributed by atoms with Crippen LogP contribution in [-0.4, -0.2) is 9.97 Å². The molecule has 0 fully saturated rings. The Balaban J connectivity index is 1.99. The first-order valence-electron chi connectivity index (χ1n) is 5.84. The first-order chi connectivity index (χ1) is 9.36. The number of rotatable bonds is 2. The van der Waals surface area contributed by atoms with Gasteiger partial charge in [0, 0.05) is 11.1 Å². The summed E-state index contributed by atoms with van der Waals surface area (Å²) in [6, 6.07) is 17.2. The topological polar surface area (TPSA) is 61.6 Å². The zero-order valence-corrected chi connectivity index (χ0v) is 10.0. The molecule has 0 bridgehead atoms. The van der Waals surface area contributed by atoms with Gasteiger partial charge >= 0.3 is 0 Å². The maximum absolute atomic E-state index is 8.77. The Bertz CT molecular complexity index is 752. The SMILES string of the molecule is N#Cc1ccc(Nc2ncnc3ccccc23)cc1. The van der Waals surface area contributed by atoms with Crippen molar-refractivity contribution in [3.05, 3.63) is 60.4 Å². The summed E-state index contributed by atoms with van der Waals surface area (Å²) < 4.78 is 0. The molecule has 90 valence electrons. The smallest absolute Gasteiger partial charge is 0.141 e. The van der Waals surface area contributed by atoms with Gasteiger partial charge in [-0.05, 0) is 36.4 Å². The number of aromatic nitrogens is 2. The Kier molecular flexibility index (Phi) is 2.79. The molecule has 0 spiro atoms. The van der Waals surface area contributed by atoms with Gasteiger partial charge in [0.25, 0.3) is 0 Å². The van der Waals surface area contributed by atoms with Crippen LogP contribution in [0.15, 0.2) is 54.9 Å². The average Bonchev–Trinajstić information content (AvgIpc) is 2.48. The van der Waals surface area contributed by atoms with Crippen LogP contribution in [0.25, 0.3) is 10.9 Å². The van der Waals surface area contributed by atoms with Crippen LogP contribution in [0.3, 0.4) is 0 Å². The molecule has 0 saturated heterocycles. The van der Waals surface area contributed by atoms with Crippen molar-refractivity contribution >= 4 is 22.4 Å². The molecular formula is C15H10N4. The Morgan fingerprint density at radius 3 is 2.53 bits per heavy atom. The maximum Gasteiger partial charge on any atom is 0.141 e. The molecule has 1 heterocycles. The standard InChI is InChI=1S/C15H10N4/c16-9-11-5-7-12(8-6-11)19-15-13-3-1-2-4-14(13)17-10-18-15/h1-8,10H,(H,17,18,19). The van der Waals surface area contributed by atoms with Gasteiger partial charge in [-0.3, -0.25) is 0 Å². The third kappa shape index (κ3) is 2.22. The fourth-order valence-electron chi connectivity index (χ4n) is 1.87. The van der Waals surface area contributed by atoms with E-state index >= 15 is 0 Å². The van der Waals surface area contributed by atoms with Crippen LogP contribution in [0.4, 0.5) is 11.5 Å². The summed E-state index contributed by atoms with van der Waals surface area (Å²) >= 11 is 0. The van der Waals surface area contributed by atoms with Gasteiger partial charge in [0.05, 0.1) is 17.1 Å². The van der Waals surface area contributed by atoms with Crippen molar-refractivity contribution in [2.45, 2.75) is 0 Å². The van der Waals surface area contributed by atoms with Gasteiger partial charge in [0.15, 0.2) is 0 Å². The lowest BCUT2D eigenvalue weighted by molar-refractivity contribution is 1.22. The van der Waals surface area contributed by atoms with E-state index in [2.05, 4.69) is 21.4 Å². The highest BCUT2D eigenvalue weighted by molar-refractivity contribution is 5.90. The number of hydrogen-bond acceptors (Lipinski definition) is 4. The molecule has 0 radical (unpaired) electrons. The molecule has 0 unspecified atom stereocenters. The molecule has 1 N–H and O–H groups in total. The Morgan fingerprint density at radius 2 is 1.74 bits per heavy atom. The number of fused-ring (bicyclic) bond motifs is 1. The van der Waals surface area contributed by atoms with Gasteiger partial charge in [-0.2, -0.15) is 5.26 Å². The highest BCUT2D eigenvalue weighted by atomic mass is 15.0. The van der Waals surface area contributed by atoms with Crippen LogP contribution in [0.5, 0.6) is 0 Å². The zero-order valence-electron chi connectivity index (χ0n) is 10.0. The molecule has 0 saturated carbocycles. The van der Waals surface area contributed by atoms with E-state index in [0.29, 0.717) is 5.56 Å². The van der Waals surface area contributed by atoms with Crippen LogP contribution in [0.1, 0.15) is 5.56 Å². The van der Waals surface area contributed by atoms with E-state index in [1.54, 1.807) is 12.1 Å². The van der Waals surface area contributed by atoms with Gasteiger partial charge in [-0.1, -0.05) is 12.1 Å². The monoisotopic (exact) mass is 246 g/mol. The molecule has 3 rings (SSSR count). The Hall–Kier alpha value is -2.93. The second kappa shape index (κ2) is 4.75. The molecule has 0 amide bonds. The molecule has 3 aromatic rings. The van der Waals surface area contributed by atoms with Crippen LogP contribution in [0, 0.1) is 11.3 Å². The fraction of sp³-hybridized carbons (Fsp3) is 0. The first kappa shape index (κ1) is 11.2. The minimum atomic E-state index is 0.637. The molecule has 1 aromatic heterocycles. The summed E-state index contributed by atoms with van der Waals surface area (Å²) in [6.45, 7) is 0. The molecule has 2 aromatic carbocycles. The number of nitrogens with zero attached hydrogens (tertiary/aromatic N) is 3. The summed E-state index contributed by atoms with van der Waals surface area (Å²) in [4.78, 5) is 8.47. The van der Waals surface area contributed by atoms with E-state index in [9.17, 15) is 0 Å². The minimum absolute atomic E-state index is 0.637. The zero-order chi connectivity index (χ0) is 13.1. The highest BCUT2D eigenvalue weighted by Gasteiger charge is 2.03. The fourth-order valence-corrected chi connectivity index (χ4v) is 1.87. The summed E-state index contributed by atoms with van der Waals surface area (Å²) in [6.07, 6.45) is 1.54. The molecule has 4 heteroatoms. The van der Waals surface area contributed by atoms with Gasteiger partial charge < -0.3 is 5.32 Å². The second-order valence-electron chi connectivity index (χ2n) is 4.05. The lowest BCUT2D eigenvalue weighted by atomic mass is 10.2. The van der Waals surface area contributed by atoms with E-state index in [0.717, 1.165) is 22.4 Å². The Labute approximate surface area is 110 Å². The summed E-state index contributed by atoms with van der Waals surface area (Å²) in [7, 11) is 0. The average molecular weight is 246 g/mol. The van der Waals surface area contributed by atoms with Crippen molar-refractivity contribution in [1.82, 2.24) is 9.97 Å². The molecule has 0 aliphatic carbocycles. The first-order valence-corrected chi connectivity index (χ1v) is 5.84. The van der Waals surface area contributed by atoms with Gasteiger partial charge in [-0.25, -0.2) is 9.97 Å². The predicted molar refractivity (Wildman–Crippen MR) is 74.0 cm³/mol. The van der Waals surface area contributed by atoms with Crippen molar-refractivity contribution in [2.75, 3.05) is 5.32 Å². The Morgan fingerprint density at radius 1 is 0.947 bits per heavy atom. The summed E-state index contributed by atoms with van der Waals surface area (Å²) in [5, 5.41) is 13.0. The maximum atomic E-state index is 8.77. The normalized spacial score (nSPS) is 10.1. The number of benzene rings is 2. The number of anilines is 2. The second-order valence-corrected chi connectivity index (χ2v) is 4.05. The molecule has 0 aliphatic heterocycles. The molecule has 0 aliphatic rings. The van der Waals surface area contributed by atoms with E-state index in [1.807, 2.05) is 36.4 Å². The van der Waals surface area contributed by atoms with Gasteiger partial charge in [0.2, 0.25) is 0 Å². The predicted octanol–water partition coefficient (Wildman–Crippen LogP) is 3.25. The third-order valence-corrected chi connectivity index (χ3v) is 2.82. The van der Waals surface area contributed by atoms with Crippen LogP contribution < -0.4 is 5.32 Å². The van der Waals surface area contributed by atoms with Gasteiger partial charge in [-0.15, -0.1) is 0 Å². The van der Waals surface area contributed by atoms with Crippen LogP contribution in [-0.2, 0) is 0 Å². The van der Waals surface area contributed by atoms with E-state index in [4.69, 9.17) is 5.26 Å². The van der Waals surface area contributed by atoms with Crippen molar-refractivity contribution in [3.63, 3.8) is 0 Å². The molecule has 19 heavy (non-hydrogen) atoms. The summed E-state index contributed by atoms with van der Waals surface area (Å²) in [5.41, 5.74) is 2.43. The molecular weight excluding hydrogens is 236 g/mol. The number of nitrogens with one attached hydrogen (secondary N) is 1. The largest absolute Gasteiger partial charge is 0.340 e. The van der Waals surface area contributed by atoms with Crippen LogP contribution in [0.2, 0.25) is 0 Å². The van der Waals surface area contributed by atoms with Crippen molar-refractivity contribution in [3.8, 4) is 6.07 Å². The number of nitriles is 1. The summed E-state index contributed by atoms with van der Waals surface area (Å²) in [5.74, 6) is 0.760. The minimum Gasteiger partial charge on any atom is -0.340 e. The molecule has 4 nitrogen and oxygen atoms in total. The lowest BCUT2D eigenvalue weighted by Crippen LogP contribution is -1.95. The van der Waals surface area contributed by atoms with Crippen molar-refractivity contribution in [1.29, 1.82) is 5.26 Å². The third-order valence-electron chi connectivity index (χ3n) is 2.82. The van der Waals surface area contributed by atoms with Crippen molar-refractivity contribution in [2.24, 2.45) is 0 Å². The number of para-hydroxylation sites is 1.